The number of halogens is 1. The van der Waals surface area contributed by atoms with E-state index in [4.69, 9.17) is 16.3 Å². The highest BCUT2D eigenvalue weighted by molar-refractivity contribution is 7.89. The van der Waals surface area contributed by atoms with E-state index < -0.39 is 10.0 Å². The summed E-state index contributed by atoms with van der Waals surface area (Å²) < 4.78 is 33.3. The molecule has 0 aliphatic carbocycles. The van der Waals surface area contributed by atoms with Gasteiger partial charge in [-0.3, -0.25) is 4.98 Å². The van der Waals surface area contributed by atoms with Gasteiger partial charge in [0.15, 0.2) is 0 Å². The minimum Gasteiger partial charge on any atom is -0.495 e. The predicted molar refractivity (Wildman–Crippen MR) is 103 cm³/mol. The zero-order valence-corrected chi connectivity index (χ0v) is 16.4. The van der Waals surface area contributed by atoms with Crippen LogP contribution in [0.5, 0.6) is 5.75 Å². The number of sulfonamides is 1. The molecule has 8 heteroatoms. The van der Waals surface area contributed by atoms with E-state index in [0.29, 0.717) is 10.7 Å². The molecule has 0 saturated heterocycles. The molecule has 0 unspecified atom stereocenters. The van der Waals surface area contributed by atoms with E-state index >= 15 is 0 Å². The van der Waals surface area contributed by atoms with Crippen molar-refractivity contribution in [1.29, 1.82) is 0 Å². The molecule has 0 spiro atoms. The number of hydrogen-bond donors (Lipinski definition) is 0. The number of thiophene rings is 1. The summed E-state index contributed by atoms with van der Waals surface area (Å²) in [7, 11) is -2.42. The first-order valence-electron chi connectivity index (χ1n) is 7.75. The van der Waals surface area contributed by atoms with E-state index in [0.717, 1.165) is 5.56 Å². The first-order valence-corrected chi connectivity index (χ1v) is 10.5. The fourth-order valence-corrected chi connectivity index (χ4v) is 4.95. The van der Waals surface area contributed by atoms with Crippen LogP contribution in [0.15, 0.2) is 64.3 Å². The van der Waals surface area contributed by atoms with Crippen molar-refractivity contribution in [3.8, 4) is 5.75 Å². The molecular weight excluding hydrogens is 392 g/mol. The Morgan fingerprint density at radius 1 is 1.19 bits per heavy atom. The Labute approximate surface area is 161 Å². The fourth-order valence-electron chi connectivity index (χ4n) is 2.48. The van der Waals surface area contributed by atoms with Gasteiger partial charge in [0.1, 0.15) is 10.6 Å². The molecule has 2 aromatic heterocycles. The molecule has 0 saturated carbocycles. The molecule has 26 heavy (non-hydrogen) atoms. The summed E-state index contributed by atoms with van der Waals surface area (Å²) in [6.07, 6.45) is 1.64. The third-order valence-corrected chi connectivity index (χ3v) is 6.53. The van der Waals surface area contributed by atoms with Gasteiger partial charge in [0.25, 0.3) is 0 Å². The summed E-state index contributed by atoms with van der Waals surface area (Å²) >= 11 is 7.56. The number of nitrogens with zero attached hydrogens (tertiary/aromatic N) is 2. The molecule has 1 aromatic carbocycles. The highest BCUT2D eigenvalue weighted by atomic mass is 35.5. The molecule has 2 heterocycles. The number of ether oxygens (including phenoxy) is 1. The van der Waals surface area contributed by atoms with Crippen LogP contribution in [0.4, 0.5) is 0 Å². The summed E-state index contributed by atoms with van der Waals surface area (Å²) in [5.74, 6) is 0.255. The van der Waals surface area contributed by atoms with E-state index in [1.165, 1.54) is 28.8 Å². The summed E-state index contributed by atoms with van der Waals surface area (Å²) in [5.41, 5.74) is 1.57. The van der Waals surface area contributed by atoms with Crippen LogP contribution >= 0.6 is 22.9 Å². The maximum Gasteiger partial charge on any atom is 0.247 e. The topological polar surface area (TPSA) is 59.5 Å². The maximum atomic E-state index is 13.4. The number of aromatic nitrogens is 1. The van der Waals surface area contributed by atoms with Gasteiger partial charge in [-0.1, -0.05) is 17.7 Å². The fraction of sp³-hybridized carbons (Fsp3) is 0.167. The molecule has 0 fully saturated rings. The van der Waals surface area contributed by atoms with E-state index in [-0.39, 0.29) is 23.7 Å². The molecule has 0 N–H and O–H groups in total. The number of methoxy groups -OCH3 is 1. The lowest BCUT2D eigenvalue weighted by Crippen LogP contribution is -2.30. The molecule has 0 aliphatic rings. The second kappa shape index (κ2) is 8.18. The van der Waals surface area contributed by atoms with Crippen molar-refractivity contribution in [3.05, 3.63) is 75.7 Å². The van der Waals surface area contributed by atoms with E-state index in [1.54, 1.807) is 30.5 Å². The Balaban J connectivity index is 2.03. The molecule has 3 aromatic rings. The van der Waals surface area contributed by atoms with Crippen molar-refractivity contribution in [2.24, 2.45) is 0 Å². The number of benzene rings is 1. The van der Waals surface area contributed by atoms with Gasteiger partial charge < -0.3 is 4.74 Å². The molecule has 0 aliphatic heterocycles. The van der Waals surface area contributed by atoms with E-state index in [9.17, 15) is 8.42 Å². The van der Waals surface area contributed by atoms with Crippen LogP contribution in [-0.2, 0) is 23.1 Å². The average molecular weight is 409 g/mol. The highest BCUT2D eigenvalue weighted by Gasteiger charge is 2.29. The molecule has 3 rings (SSSR count). The molecule has 0 bridgehead atoms. The number of pyridine rings is 1. The predicted octanol–water partition coefficient (Wildman–Crippen LogP) is 4.20. The van der Waals surface area contributed by atoms with Gasteiger partial charge in [-0.2, -0.15) is 15.6 Å². The van der Waals surface area contributed by atoms with Crippen LogP contribution in [0.3, 0.4) is 0 Å². The van der Waals surface area contributed by atoms with Gasteiger partial charge >= 0.3 is 0 Å². The van der Waals surface area contributed by atoms with Gasteiger partial charge in [-0.25, -0.2) is 8.42 Å². The Morgan fingerprint density at radius 3 is 2.69 bits per heavy atom. The van der Waals surface area contributed by atoms with Gasteiger partial charge in [0.05, 0.1) is 19.3 Å². The third-order valence-electron chi connectivity index (χ3n) is 3.75. The first kappa shape index (κ1) is 18.8. The lowest BCUT2D eigenvalue weighted by Gasteiger charge is -2.23. The summed E-state index contributed by atoms with van der Waals surface area (Å²) in [5, 5.41) is 4.18. The molecule has 5 nitrogen and oxygen atoms in total. The second-order valence-corrected chi connectivity index (χ2v) is 8.64. The molecule has 0 atom stereocenters. The van der Waals surface area contributed by atoms with E-state index in [2.05, 4.69) is 4.98 Å². The van der Waals surface area contributed by atoms with Crippen LogP contribution < -0.4 is 4.74 Å². The molecule has 0 radical (unpaired) electrons. The van der Waals surface area contributed by atoms with Crippen LogP contribution in [0.25, 0.3) is 0 Å². The number of rotatable bonds is 7. The Morgan fingerprint density at radius 2 is 2.04 bits per heavy atom. The van der Waals surface area contributed by atoms with Gasteiger partial charge in [-0.05, 0) is 52.7 Å². The molecule has 0 amide bonds. The van der Waals surface area contributed by atoms with Crippen LogP contribution in [0, 0.1) is 0 Å². The standard InChI is InChI=1S/C18H17ClN2O3S2/c1-24-17-6-5-15(19)10-18(17)26(22,23)21(11-14-7-9-25-13-14)12-16-4-2-3-8-20-16/h2-10,13H,11-12H2,1H3. The zero-order chi connectivity index (χ0) is 18.6. The lowest BCUT2D eigenvalue weighted by atomic mass is 10.3. The minimum absolute atomic E-state index is 0.0404. The third kappa shape index (κ3) is 4.24. The summed E-state index contributed by atoms with van der Waals surface area (Å²) in [4.78, 5) is 4.29. The quantitative estimate of drug-likeness (QED) is 0.588. The van der Waals surface area contributed by atoms with Crippen molar-refractivity contribution in [2.75, 3.05) is 7.11 Å². The number of hydrogen-bond acceptors (Lipinski definition) is 5. The smallest absolute Gasteiger partial charge is 0.247 e. The van der Waals surface area contributed by atoms with Crippen LogP contribution in [0.2, 0.25) is 5.02 Å². The van der Waals surface area contributed by atoms with Crippen molar-refractivity contribution in [2.45, 2.75) is 18.0 Å². The van der Waals surface area contributed by atoms with Gasteiger partial charge in [-0.15, -0.1) is 0 Å². The van der Waals surface area contributed by atoms with Gasteiger partial charge in [0, 0.05) is 17.8 Å². The second-order valence-electron chi connectivity index (χ2n) is 5.52. The lowest BCUT2D eigenvalue weighted by molar-refractivity contribution is 0.381. The van der Waals surface area contributed by atoms with Crippen LogP contribution in [0.1, 0.15) is 11.3 Å². The molecular formula is C18H17ClN2O3S2. The van der Waals surface area contributed by atoms with Crippen LogP contribution in [-0.4, -0.2) is 24.8 Å². The Bertz CT molecular complexity index is 961. The van der Waals surface area contributed by atoms with Crippen molar-refractivity contribution in [1.82, 2.24) is 9.29 Å². The van der Waals surface area contributed by atoms with Gasteiger partial charge in [0.2, 0.25) is 10.0 Å². The largest absolute Gasteiger partial charge is 0.495 e. The minimum atomic E-state index is -3.85. The average Bonchev–Trinajstić information content (AvgIpc) is 3.15. The van der Waals surface area contributed by atoms with E-state index in [1.807, 2.05) is 22.9 Å². The Hall–Kier alpha value is -1.93. The van der Waals surface area contributed by atoms with Crippen molar-refractivity contribution >= 4 is 33.0 Å². The van der Waals surface area contributed by atoms with Crippen molar-refractivity contribution in [3.63, 3.8) is 0 Å². The van der Waals surface area contributed by atoms with Crippen molar-refractivity contribution < 1.29 is 13.2 Å². The normalized spacial score (nSPS) is 11.7. The maximum absolute atomic E-state index is 13.4. The zero-order valence-electron chi connectivity index (χ0n) is 14.0. The Kier molecular flexibility index (Phi) is 5.93. The summed E-state index contributed by atoms with van der Waals surface area (Å²) in [6.45, 7) is 0.382. The highest BCUT2D eigenvalue weighted by Crippen LogP contribution is 2.31. The molecule has 136 valence electrons. The monoisotopic (exact) mass is 408 g/mol. The SMILES string of the molecule is COc1ccc(Cl)cc1S(=O)(=O)N(Cc1ccsc1)Cc1ccccn1. The first-order chi connectivity index (χ1) is 12.5. The summed E-state index contributed by atoms with van der Waals surface area (Å²) in [6, 6.07) is 11.9.